The Hall–Kier alpha value is -2.00. The highest BCUT2D eigenvalue weighted by Crippen LogP contribution is 2.20. The van der Waals surface area contributed by atoms with Gasteiger partial charge in [-0.1, -0.05) is 23.5 Å². The molecular weight excluding hydrogens is 281 g/mol. The predicted octanol–water partition coefficient (Wildman–Crippen LogP) is 2.33. The number of aryl methyl sites for hydroxylation is 1. The zero-order chi connectivity index (χ0) is 16.0. The van der Waals surface area contributed by atoms with Gasteiger partial charge in [-0.15, -0.1) is 0 Å². The molecule has 0 atom stereocenters. The molecule has 1 aromatic rings. The normalized spacial score (nSPS) is 10.8. The van der Waals surface area contributed by atoms with Crippen LogP contribution in [0.5, 0.6) is 0 Å². The summed E-state index contributed by atoms with van der Waals surface area (Å²) in [6.45, 7) is 1.55. The average molecular weight is 298 g/mol. The summed E-state index contributed by atoms with van der Waals surface area (Å²) in [5.41, 5.74) is 6.89. The van der Waals surface area contributed by atoms with Gasteiger partial charge in [-0.3, -0.25) is 4.79 Å². The predicted molar refractivity (Wildman–Crippen MR) is 74.7 cm³/mol. The Morgan fingerprint density at radius 2 is 2.05 bits per heavy atom. The Kier molecular flexibility index (Phi) is 5.79. The van der Waals surface area contributed by atoms with E-state index in [9.17, 15) is 18.0 Å². The monoisotopic (exact) mass is 298 g/mol. The van der Waals surface area contributed by atoms with Gasteiger partial charge in [-0.25, -0.2) is 0 Å². The lowest BCUT2D eigenvalue weighted by Crippen LogP contribution is -2.31. The summed E-state index contributed by atoms with van der Waals surface area (Å²) in [5.74, 6) is 4.92. The van der Waals surface area contributed by atoms with Crippen molar-refractivity contribution in [3.05, 3.63) is 34.9 Å². The number of nitrogens with two attached hydrogens (primary N) is 1. The van der Waals surface area contributed by atoms with Gasteiger partial charge in [0.25, 0.3) is 5.91 Å². The number of hydrogen-bond acceptors (Lipinski definition) is 2. The fourth-order valence-electron chi connectivity index (χ4n) is 1.69. The zero-order valence-electron chi connectivity index (χ0n) is 11.9. The number of nitrogens with zero attached hydrogens (tertiary/aromatic N) is 1. The smallest absolute Gasteiger partial charge is 0.341 e. The highest BCUT2D eigenvalue weighted by molar-refractivity contribution is 5.96. The minimum Gasteiger partial charge on any atom is -0.341 e. The molecule has 0 radical (unpaired) electrons. The van der Waals surface area contributed by atoms with Crippen LogP contribution in [0.3, 0.4) is 0 Å². The van der Waals surface area contributed by atoms with Gasteiger partial charge in [-0.2, -0.15) is 13.2 Å². The van der Waals surface area contributed by atoms with E-state index in [1.165, 1.54) is 7.05 Å². The van der Waals surface area contributed by atoms with Crippen molar-refractivity contribution in [2.45, 2.75) is 19.5 Å². The summed E-state index contributed by atoms with van der Waals surface area (Å²) >= 11 is 0. The molecule has 0 bridgehead atoms. The van der Waals surface area contributed by atoms with E-state index in [0.29, 0.717) is 11.1 Å². The van der Waals surface area contributed by atoms with E-state index < -0.39 is 18.5 Å². The van der Waals surface area contributed by atoms with Gasteiger partial charge in [0.15, 0.2) is 0 Å². The molecule has 3 nitrogen and oxygen atoms in total. The first-order chi connectivity index (χ1) is 9.74. The molecular formula is C15H17F3N2O. The van der Waals surface area contributed by atoms with Crippen molar-refractivity contribution in [3.63, 3.8) is 0 Å². The second-order valence-corrected chi connectivity index (χ2v) is 4.65. The van der Waals surface area contributed by atoms with E-state index in [0.717, 1.165) is 10.5 Å². The second-order valence-electron chi connectivity index (χ2n) is 4.65. The first-order valence-electron chi connectivity index (χ1n) is 6.36. The zero-order valence-corrected chi connectivity index (χ0v) is 11.9. The Bertz CT molecular complexity index is 571. The SMILES string of the molecule is Cc1ccc(C#CCN)c(C(=O)N(C)CCC(F)(F)F)c1. The van der Waals surface area contributed by atoms with Crippen LogP contribution in [0.2, 0.25) is 0 Å². The standard InChI is InChI=1S/C15H17F3N2O/c1-11-5-6-12(4-3-8-19)13(10-11)14(21)20(2)9-7-15(16,17)18/h5-6,10H,7-9,19H2,1-2H3. The number of amides is 1. The molecule has 0 saturated carbocycles. The van der Waals surface area contributed by atoms with Gasteiger partial charge in [0.1, 0.15) is 0 Å². The summed E-state index contributed by atoms with van der Waals surface area (Å²) in [7, 11) is 1.34. The van der Waals surface area contributed by atoms with Crippen molar-refractivity contribution in [1.82, 2.24) is 4.90 Å². The molecule has 114 valence electrons. The number of alkyl halides is 3. The van der Waals surface area contributed by atoms with E-state index in [4.69, 9.17) is 5.73 Å². The third kappa shape index (κ3) is 5.48. The van der Waals surface area contributed by atoms with Gasteiger partial charge in [0.2, 0.25) is 0 Å². The summed E-state index contributed by atoms with van der Waals surface area (Å²) in [4.78, 5) is 13.3. The third-order valence-corrected chi connectivity index (χ3v) is 2.81. The number of carbonyl (C=O) groups is 1. The Balaban J connectivity index is 2.97. The van der Waals surface area contributed by atoms with Gasteiger partial charge in [0, 0.05) is 19.2 Å². The summed E-state index contributed by atoms with van der Waals surface area (Å²) in [6.07, 6.45) is -5.33. The second kappa shape index (κ2) is 7.14. The molecule has 0 aliphatic heterocycles. The van der Waals surface area contributed by atoms with E-state index in [-0.39, 0.29) is 13.1 Å². The van der Waals surface area contributed by atoms with Gasteiger partial charge >= 0.3 is 6.18 Å². The van der Waals surface area contributed by atoms with Crippen molar-refractivity contribution >= 4 is 5.91 Å². The van der Waals surface area contributed by atoms with Crippen LogP contribution in [-0.2, 0) is 0 Å². The first-order valence-corrected chi connectivity index (χ1v) is 6.36. The third-order valence-electron chi connectivity index (χ3n) is 2.81. The molecule has 0 fully saturated rings. The summed E-state index contributed by atoms with van der Waals surface area (Å²) in [6, 6.07) is 5.07. The summed E-state index contributed by atoms with van der Waals surface area (Å²) < 4.78 is 36.7. The van der Waals surface area contributed by atoms with Crippen molar-refractivity contribution in [2.24, 2.45) is 5.73 Å². The molecule has 2 N–H and O–H groups in total. The molecule has 0 aromatic heterocycles. The molecule has 0 heterocycles. The lowest BCUT2D eigenvalue weighted by molar-refractivity contribution is -0.136. The van der Waals surface area contributed by atoms with Crippen LogP contribution in [0, 0.1) is 18.8 Å². The molecule has 1 amide bonds. The molecule has 0 unspecified atom stereocenters. The van der Waals surface area contributed by atoms with Crippen molar-refractivity contribution in [2.75, 3.05) is 20.1 Å². The Labute approximate surface area is 121 Å². The topological polar surface area (TPSA) is 46.3 Å². The molecule has 0 aliphatic carbocycles. The first kappa shape index (κ1) is 17.1. The van der Waals surface area contributed by atoms with Gasteiger partial charge in [0.05, 0.1) is 18.5 Å². The van der Waals surface area contributed by atoms with Crippen LogP contribution < -0.4 is 5.73 Å². The lowest BCUT2D eigenvalue weighted by atomic mass is 10.0. The number of carbonyl (C=O) groups excluding carboxylic acids is 1. The molecule has 6 heteroatoms. The van der Waals surface area contributed by atoms with E-state index in [2.05, 4.69) is 11.8 Å². The van der Waals surface area contributed by atoms with Crippen LogP contribution in [-0.4, -0.2) is 37.1 Å². The Morgan fingerprint density at radius 3 is 2.62 bits per heavy atom. The van der Waals surface area contributed by atoms with Gasteiger partial charge < -0.3 is 10.6 Å². The van der Waals surface area contributed by atoms with Gasteiger partial charge in [-0.05, 0) is 19.1 Å². The van der Waals surface area contributed by atoms with Crippen molar-refractivity contribution in [3.8, 4) is 11.8 Å². The van der Waals surface area contributed by atoms with Crippen molar-refractivity contribution < 1.29 is 18.0 Å². The maximum absolute atomic E-state index is 12.3. The van der Waals surface area contributed by atoms with Crippen LogP contribution >= 0.6 is 0 Å². The molecule has 0 spiro atoms. The molecule has 0 saturated heterocycles. The molecule has 21 heavy (non-hydrogen) atoms. The maximum atomic E-state index is 12.3. The van der Waals surface area contributed by atoms with E-state index in [1.807, 2.05) is 0 Å². The number of hydrogen-bond donors (Lipinski definition) is 1. The number of rotatable bonds is 3. The number of halogens is 3. The van der Waals surface area contributed by atoms with Crippen LogP contribution in [0.4, 0.5) is 13.2 Å². The summed E-state index contributed by atoms with van der Waals surface area (Å²) in [5, 5.41) is 0. The fraction of sp³-hybridized carbons (Fsp3) is 0.400. The minimum absolute atomic E-state index is 0.144. The largest absolute Gasteiger partial charge is 0.390 e. The Morgan fingerprint density at radius 1 is 1.38 bits per heavy atom. The lowest BCUT2D eigenvalue weighted by Gasteiger charge is -2.19. The molecule has 1 aromatic carbocycles. The van der Waals surface area contributed by atoms with E-state index >= 15 is 0 Å². The van der Waals surface area contributed by atoms with Crippen LogP contribution in [0.1, 0.15) is 27.9 Å². The minimum atomic E-state index is -4.29. The highest BCUT2D eigenvalue weighted by atomic mass is 19.4. The molecule has 0 aliphatic rings. The fourth-order valence-corrected chi connectivity index (χ4v) is 1.69. The quantitative estimate of drug-likeness (QED) is 0.871. The van der Waals surface area contributed by atoms with Crippen LogP contribution in [0.15, 0.2) is 18.2 Å². The number of benzene rings is 1. The maximum Gasteiger partial charge on any atom is 0.390 e. The van der Waals surface area contributed by atoms with Crippen molar-refractivity contribution in [1.29, 1.82) is 0 Å². The average Bonchev–Trinajstić information content (AvgIpc) is 2.41. The van der Waals surface area contributed by atoms with E-state index in [1.54, 1.807) is 25.1 Å². The van der Waals surface area contributed by atoms with Crippen LogP contribution in [0.25, 0.3) is 0 Å². The highest BCUT2D eigenvalue weighted by Gasteiger charge is 2.28. The molecule has 1 rings (SSSR count).